The number of nitro groups is 1. The van der Waals surface area contributed by atoms with Gasteiger partial charge in [-0.2, -0.15) is 0 Å². The van der Waals surface area contributed by atoms with Gasteiger partial charge in [-0.25, -0.2) is 4.79 Å². The number of rotatable bonds is 4. The average molecular weight is 378 g/mol. The third-order valence-corrected chi connectivity index (χ3v) is 3.59. The summed E-state index contributed by atoms with van der Waals surface area (Å²) < 4.78 is 5.02. The molecule has 2 rings (SSSR count). The largest absolute Gasteiger partial charge is 0.455 e. The monoisotopic (exact) mass is 376 g/mol. The zero-order chi connectivity index (χ0) is 17.1. The second-order valence-electron chi connectivity index (χ2n) is 4.22. The Morgan fingerprint density at radius 1 is 1.30 bits per heavy atom. The Morgan fingerprint density at radius 2 is 2.00 bits per heavy atom. The van der Waals surface area contributed by atoms with Crippen molar-refractivity contribution in [2.75, 3.05) is 0 Å². The molecule has 0 N–H and O–H groups in total. The summed E-state index contributed by atoms with van der Waals surface area (Å²) in [4.78, 5) is 26.2. The van der Waals surface area contributed by atoms with Crippen LogP contribution in [0.25, 0.3) is 11.0 Å². The molecular weight excluding hydrogens is 371 g/mol. The van der Waals surface area contributed by atoms with Crippen LogP contribution >= 0.6 is 34.8 Å². The van der Waals surface area contributed by atoms with Crippen LogP contribution in [0.1, 0.15) is 12.7 Å². The van der Waals surface area contributed by atoms with Gasteiger partial charge in [0.05, 0.1) is 4.92 Å². The fourth-order valence-electron chi connectivity index (χ4n) is 1.59. The van der Waals surface area contributed by atoms with Gasteiger partial charge < -0.3 is 9.25 Å². The first-order valence-corrected chi connectivity index (χ1v) is 7.08. The zero-order valence-corrected chi connectivity index (χ0v) is 13.6. The summed E-state index contributed by atoms with van der Waals surface area (Å²) in [5, 5.41) is 14.3. The summed E-state index contributed by atoms with van der Waals surface area (Å²) in [5.74, 6) is -0.761. The minimum atomic E-state index is -1.03. The van der Waals surface area contributed by atoms with Gasteiger partial charge in [0.1, 0.15) is 15.8 Å². The lowest BCUT2D eigenvalue weighted by atomic mass is 10.2. The first kappa shape index (κ1) is 17.3. The van der Waals surface area contributed by atoms with Crippen molar-refractivity contribution in [2.24, 2.45) is 5.16 Å². The van der Waals surface area contributed by atoms with Crippen molar-refractivity contribution >= 4 is 63.1 Å². The number of carbonyl (C=O) groups excluding carboxylic acids is 1. The molecule has 1 aromatic carbocycles. The van der Waals surface area contributed by atoms with Crippen molar-refractivity contribution < 1.29 is 19.0 Å². The number of benzene rings is 1. The third kappa shape index (κ3) is 4.01. The molecule has 0 radical (unpaired) electrons. The Balaban J connectivity index is 2.25. The van der Waals surface area contributed by atoms with Gasteiger partial charge in [-0.3, -0.25) is 10.1 Å². The lowest BCUT2D eigenvalue weighted by Gasteiger charge is -1.97. The molecule has 2 aromatic rings. The van der Waals surface area contributed by atoms with Crippen LogP contribution in [0.4, 0.5) is 5.69 Å². The van der Waals surface area contributed by atoms with Crippen molar-refractivity contribution in [3.05, 3.63) is 49.7 Å². The van der Waals surface area contributed by atoms with Gasteiger partial charge in [0.2, 0.25) is 0 Å². The van der Waals surface area contributed by atoms with E-state index >= 15 is 0 Å². The quantitative estimate of drug-likeness (QED) is 0.257. The fraction of sp³-hybridized carbons (Fsp3) is 0.0769. The van der Waals surface area contributed by atoms with Crippen LogP contribution in [-0.4, -0.2) is 16.6 Å². The molecule has 0 saturated carbocycles. The molecule has 1 heterocycles. The molecule has 0 aliphatic heterocycles. The lowest BCUT2D eigenvalue weighted by Crippen LogP contribution is -2.03. The molecule has 0 amide bonds. The molecule has 120 valence electrons. The molecule has 1 aromatic heterocycles. The van der Waals surface area contributed by atoms with E-state index < -0.39 is 20.4 Å². The van der Waals surface area contributed by atoms with Crippen LogP contribution in [0.5, 0.6) is 0 Å². The van der Waals surface area contributed by atoms with E-state index in [2.05, 4.69) is 9.99 Å². The number of nitrogens with zero attached hydrogens (tertiary/aromatic N) is 2. The number of hydrogen-bond donors (Lipinski definition) is 0. The molecule has 0 aliphatic carbocycles. The highest BCUT2D eigenvalue weighted by atomic mass is 35.5. The van der Waals surface area contributed by atoms with E-state index in [4.69, 9.17) is 39.2 Å². The first-order chi connectivity index (χ1) is 10.8. The molecule has 0 aliphatic rings. The Hall–Kier alpha value is -2.09. The SMILES string of the molecule is C/C(=N/OC(=O)C(Cl)=C(Cl)Cl)c1cc2cc([N+](=O)[O-])ccc2o1. The van der Waals surface area contributed by atoms with Gasteiger partial charge in [0, 0.05) is 17.5 Å². The number of carbonyl (C=O) groups is 1. The highest BCUT2D eigenvalue weighted by Crippen LogP contribution is 2.25. The van der Waals surface area contributed by atoms with Gasteiger partial charge in [-0.15, -0.1) is 0 Å². The van der Waals surface area contributed by atoms with E-state index in [-0.39, 0.29) is 17.2 Å². The molecule has 0 saturated heterocycles. The van der Waals surface area contributed by atoms with Gasteiger partial charge in [0.15, 0.2) is 10.8 Å². The van der Waals surface area contributed by atoms with Crippen molar-refractivity contribution in [1.29, 1.82) is 0 Å². The highest BCUT2D eigenvalue weighted by Gasteiger charge is 2.15. The van der Waals surface area contributed by atoms with Crippen molar-refractivity contribution in [3.63, 3.8) is 0 Å². The Kier molecular flexibility index (Phi) is 5.25. The lowest BCUT2D eigenvalue weighted by molar-refractivity contribution is -0.384. The average Bonchev–Trinajstić information content (AvgIpc) is 2.94. The number of hydrogen-bond acceptors (Lipinski definition) is 6. The minimum absolute atomic E-state index is 0.0699. The molecule has 7 nitrogen and oxygen atoms in total. The predicted molar refractivity (Wildman–Crippen MR) is 85.8 cm³/mol. The summed E-state index contributed by atoms with van der Waals surface area (Å²) in [6, 6.07) is 5.66. The van der Waals surface area contributed by atoms with Crippen LogP contribution < -0.4 is 0 Å². The Bertz CT molecular complexity index is 852. The van der Waals surface area contributed by atoms with E-state index in [0.717, 1.165) is 0 Å². The predicted octanol–water partition coefficient (Wildman–Crippen LogP) is 4.49. The summed E-state index contributed by atoms with van der Waals surface area (Å²) in [5.41, 5.74) is 0.570. The molecule has 0 fully saturated rings. The second-order valence-corrected chi connectivity index (χ2v) is 5.55. The third-order valence-electron chi connectivity index (χ3n) is 2.68. The van der Waals surface area contributed by atoms with Crippen LogP contribution in [-0.2, 0) is 9.63 Å². The maximum absolute atomic E-state index is 11.4. The number of nitro benzene ring substituents is 1. The Morgan fingerprint density at radius 3 is 2.61 bits per heavy atom. The molecule has 0 unspecified atom stereocenters. The van der Waals surface area contributed by atoms with E-state index in [1.165, 1.54) is 31.2 Å². The van der Waals surface area contributed by atoms with Gasteiger partial charge in [-0.05, 0) is 19.1 Å². The molecule has 23 heavy (non-hydrogen) atoms. The smallest absolute Gasteiger partial charge is 0.379 e. The maximum atomic E-state index is 11.4. The fourth-order valence-corrected chi connectivity index (χ4v) is 1.78. The van der Waals surface area contributed by atoms with E-state index in [0.29, 0.717) is 11.0 Å². The summed E-state index contributed by atoms with van der Waals surface area (Å²) in [6.45, 7) is 1.51. The number of oxime groups is 1. The van der Waals surface area contributed by atoms with Gasteiger partial charge >= 0.3 is 5.97 Å². The van der Waals surface area contributed by atoms with Crippen molar-refractivity contribution in [2.45, 2.75) is 6.92 Å². The second kappa shape index (κ2) is 6.99. The first-order valence-electron chi connectivity index (χ1n) is 5.94. The van der Waals surface area contributed by atoms with E-state index in [1.54, 1.807) is 0 Å². The molecular formula is C13H7Cl3N2O5. The van der Waals surface area contributed by atoms with Crippen LogP contribution in [0.15, 0.2) is 43.4 Å². The normalized spacial score (nSPS) is 11.4. The van der Waals surface area contributed by atoms with E-state index in [1.807, 2.05) is 0 Å². The van der Waals surface area contributed by atoms with Crippen molar-refractivity contribution in [3.8, 4) is 0 Å². The number of furan rings is 1. The minimum Gasteiger partial charge on any atom is -0.455 e. The van der Waals surface area contributed by atoms with Crippen LogP contribution in [0.2, 0.25) is 0 Å². The standard InChI is InChI=1S/C13H7Cl3N2O5/c1-6(17-23-13(19)11(14)12(15)16)10-5-7-4-8(18(20)21)2-3-9(7)22-10/h2-5H,1H3/b17-6-. The maximum Gasteiger partial charge on any atom is 0.379 e. The van der Waals surface area contributed by atoms with E-state index in [9.17, 15) is 14.9 Å². The molecule has 10 heteroatoms. The van der Waals surface area contributed by atoms with Crippen LogP contribution in [0.3, 0.4) is 0 Å². The Labute approximate surface area is 144 Å². The number of fused-ring (bicyclic) bond motifs is 1. The molecule has 0 bridgehead atoms. The molecule has 0 spiro atoms. The van der Waals surface area contributed by atoms with Gasteiger partial charge in [-0.1, -0.05) is 40.0 Å². The number of halogens is 3. The number of non-ortho nitro benzene ring substituents is 1. The zero-order valence-electron chi connectivity index (χ0n) is 11.4. The highest BCUT2D eigenvalue weighted by molar-refractivity contribution is 6.62. The van der Waals surface area contributed by atoms with Gasteiger partial charge in [0.25, 0.3) is 5.69 Å². The summed E-state index contributed by atoms with van der Waals surface area (Å²) in [7, 11) is 0. The summed E-state index contributed by atoms with van der Waals surface area (Å²) >= 11 is 16.2. The summed E-state index contributed by atoms with van der Waals surface area (Å²) in [6.07, 6.45) is 0. The van der Waals surface area contributed by atoms with Crippen molar-refractivity contribution in [1.82, 2.24) is 0 Å². The molecule has 0 atom stereocenters. The topological polar surface area (TPSA) is 94.9 Å². The van der Waals surface area contributed by atoms with Crippen LogP contribution in [0, 0.1) is 10.1 Å².